The summed E-state index contributed by atoms with van der Waals surface area (Å²) in [5.74, 6) is 0.477. The van der Waals surface area contributed by atoms with E-state index in [1.54, 1.807) is 13.8 Å². The van der Waals surface area contributed by atoms with Crippen LogP contribution in [0.4, 0.5) is 0 Å². The van der Waals surface area contributed by atoms with E-state index in [0.29, 0.717) is 49.7 Å². The number of carbonyl (C=O) groups excluding carboxylic acids is 1. The second-order valence-corrected chi connectivity index (χ2v) is 4.75. The Morgan fingerprint density at radius 1 is 1.38 bits per heavy atom. The summed E-state index contributed by atoms with van der Waals surface area (Å²) < 4.78 is 5.08. The summed E-state index contributed by atoms with van der Waals surface area (Å²) in [4.78, 5) is 30.3. The Bertz CT molecular complexity index is 513. The van der Waals surface area contributed by atoms with Gasteiger partial charge in [-0.25, -0.2) is 4.98 Å². The normalized spacial score (nSPS) is 10.6. The first-order chi connectivity index (χ1) is 10.0. The summed E-state index contributed by atoms with van der Waals surface area (Å²) >= 11 is 0. The molecule has 0 aliphatic rings. The Labute approximate surface area is 123 Å². The number of aromatic nitrogens is 2. The molecule has 0 spiro atoms. The number of amides is 1. The predicted molar refractivity (Wildman–Crippen MR) is 78.2 cm³/mol. The van der Waals surface area contributed by atoms with E-state index in [1.807, 2.05) is 0 Å². The van der Waals surface area contributed by atoms with E-state index in [1.165, 1.54) is 0 Å². The lowest BCUT2D eigenvalue weighted by Gasteiger charge is -2.07. The van der Waals surface area contributed by atoms with Crippen LogP contribution in [0.5, 0.6) is 0 Å². The fourth-order valence-electron chi connectivity index (χ4n) is 1.94. The number of nitrogens with zero attached hydrogens (tertiary/aromatic N) is 1. The molecule has 0 saturated carbocycles. The monoisotopic (exact) mass is 297 g/mol. The lowest BCUT2D eigenvalue weighted by Crippen LogP contribution is -2.27. The van der Waals surface area contributed by atoms with Crippen molar-refractivity contribution < 1.29 is 14.6 Å². The van der Waals surface area contributed by atoms with E-state index in [9.17, 15) is 9.59 Å². The van der Waals surface area contributed by atoms with Gasteiger partial charge in [0.05, 0.1) is 13.2 Å². The smallest absolute Gasteiger partial charge is 0.254 e. The average Bonchev–Trinajstić information content (AvgIpc) is 2.41. The number of aryl methyl sites for hydroxylation is 2. The van der Waals surface area contributed by atoms with E-state index in [0.717, 1.165) is 0 Å². The van der Waals surface area contributed by atoms with Crippen molar-refractivity contribution in [3.8, 4) is 0 Å². The Kier molecular flexibility index (Phi) is 7.63. The highest BCUT2D eigenvalue weighted by Crippen LogP contribution is 2.02. The van der Waals surface area contributed by atoms with Crippen LogP contribution in [-0.4, -0.2) is 47.3 Å². The van der Waals surface area contributed by atoms with Gasteiger partial charge in [-0.1, -0.05) is 0 Å². The lowest BCUT2D eigenvalue weighted by atomic mass is 10.1. The van der Waals surface area contributed by atoms with Crippen LogP contribution in [0.25, 0.3) is 0 Å². The maximum Gasteiger partial charge on any atom is 0.254 e. The fourth-order valence-corrected chi connectivity index (χ4v) is 1.94. The topological polar surface area (TPSA) is 104 Å². The first-order valence-corrected chi connectivity index (χ1v) is 7.06. The van der Waals surface area contributed by atoms with Gasteiger partial charge in [-0.2, -0.15) is 0 Å². The molecule has 21 heavy (non-hydrogen) atoms. The minimum absolute atomic E-state index is 0.00480. The molecule has 3 N–H and O–H groups in total. The van der Waals surface area contributed by atoms with Gasteiger partial charge < -0.3 is 20.1 Å². The van der Waals surface area contributed by atoms with Gasteiger partial charge in [-0.15, -0.1) is 0 Å². The van der Waals surface area contributed by atoms with Crippen molar-refractivity contribution in [1.29, 1.82) is 0 Å². The van der Waals surface area contributed by atoms with E-state index < -0.39 is 0 Å². The van der Waals surface area contributed by atoms with Crippen molar-refractivity contribution in [1.82, 2.24) is 15.3 Å². The van der Waals surface area contributed by atoms with Crippen molar-refractivity contribution in [3.63, 3.8) is 0 Å². The Morgan fingerprint density at radius 2 is 2.14 bits per heavy atom. The van der Waals surface area contributed by atoms with Crippen molar-refractivity contribution >= 4 is 5.91 Å². The van der Waals surface area contributed by atoms with Crippen LogP contribution in [-0.2, 0) is 16.0 Å². The molecular formula is C14H23N3O4. The average molecular weight is 297 g/mol. The van der Waals surface area contributed by atoms with E-state index in [-0.39, 0.29) is 24.5 Å². The first-order valence-electron chi connectivity index (χ1n) is 7.06. The van der Waals surface area contributed by atoms with Gasteiger partial charge in [0.1, 0.15) is 5.82 Å². The van der Waals surface area contributed by atoms with Crippen molar-refractivity contribution in [3.05, 3.63) is 27.4 Å². The van der Waals surface area contributed by atoms with Crippen LogP contribution in [0.1, 0.15) is 29.9 Å². The zero-order valence-electron chi connectivity index (χ0n) is 12.6. The quantitative estimate of drug-likeness (QED) is 0.549. The summed E-state index contributed by atoms with van der Waals surface area (Å²) in [6, 6.07) is 0. The van der Waals surface area contributed by atoms with Gasteiger partial charge in [-0.05, 0) is 26.7 Å². The summed E-state index contributed by atoms with van der Waals surface area (Å²) in [5.41, 5.74) is 1.05. The van der Waals surface area contributed by atoms with Crippen molar-refractivity contribution in [2.75, 3.05) is 26.4 Å². The number of rotatable bonds is 9. The molecule has 1 rings (SSSR count). The highest BCUT2D eigenvalue weighted by atomic mass is 16.5. The van der Waals surface area contributed by atoms with E-state index in [2.05, 4.69) is 15.3 Å². The number of carbonyl (C=O) groups is 1. The van der Waals surface area contributed by atoms with Gasteiger partial charge >= 0.3 is 0 Å². The maximum absolute atomic E-state index is 11.8. The van der Waals surface area contributed by atoms with E-state index in [4.69, 9.17) is 9.84 Å². The zero-order valence-corrected chi connectivity index (χ0v) is 12.6. The predicted octanol–water partition coefficient (Wildman–Crippen LogP) is -0.165. The van der Waals surface area contributed by atoms with Gasteiger partial charge in [0.25, 0.3) is 5.56 Å². The van der Waals surface area contributed by atoms with Crippen LogP contribution in [0.2, 0.25) is 0 Å². The number of H-pyrrole nitrogens is 1. The third kappa shape index (κ3) is 6.50. The van der Waals surface area contributed by atoms with Gasteiger partial charge in [0.2, 0.25) is 5.91 Å². The molecule has 0 aliphatic heterocycles. The molecule has 0 aliphatic carbocycles. The summed E-state index contributed by atoms with van der Waals surface area (Å²) in [6.45, 7) is 4.84. The molecule has 0 unspecified atom stereocenters. The summed E-state index contributed by atoms with van der Waals surface area (Å²) in [7, 11) is 0. The SMILES string of the molecule is Cc1nc(C)c(CCC(=O)NCCCOCCO)c(=O)[nH]1. The number of aromatic amines is 1. The lowest BCUT2D eigenvalue weighted by molar-refractivity contribution is -0.121. The fraction of sp³-hybridized carbons (Fsp3) is 0.643. The van der Waals surface area contributed by atoms with Crippen molar-refractivity contribution in [2.24, 2.45) is 0 Å². The number of aliphatic hydroxyl groups excluding tert-OH is 1. The highest BCUT2D eigenvalue weighted by molar-refractivity contribution is 5.76. The molecule has 118 valence electrons. The number of hydrogen-bond acceptors (Lipinski definition) is 5. The third-order valence-corrected chi connectivity index (χ3v) is 2.97. The second-order valence-electron chi connectivity index (χ2n) is 4.75. The van der Waals surface area contributed by atoms with Gasteiger partial charge in [0, 0.05) is 30.8 Å². The molecule has 1 aromatic rings. The van der Waals surface area contributed by atoms with Crippen LogP contribution < -0.4 is 10.9 Å². The highest BCUT2D eigenvalue weighted by Gasteiger charge is 2.09. The summed E-state index contributed by atoms with van der Waals surface area (Å²) in [6.07, 6.45) is 1.32. The molecule has 0 aromatic carbocycles. The number of aliphatic hydroxyl groups is 1. The molecule has 0 radical (unpaired) electrons. The molecule has 0 saturated heterocycles. The molecule has 1 aromatic heterocycles. The number of nitrogens with one attached hydrogen (secondary N) is 2. The molecule has 0 atom stereocenters. The minimum Gasteiger partial charge on any atom is -0.394 e. The van der Waals surface area contributed by atoms with Crippen LogP contribution in [0, 0.1) is 13.8 Å². The molecule has 0 bridgehead atoms. The van der Waals surface area contributed by atoms with Crippen LogP contribution >= 0.6 is 0 Å². The van der Waals surface area contributed by atoms with Crippen LogP contribution in [0.15, 0.2) is 4.79 Å². The molecule has 1 heterocycles. The maximum atomic E-state index is 11.8. The number of ether oxygens (including phenoxy) is 1. The number of hydrogen-bond donors (Lipinski definition) is 3. The molecular weight excluding hydrogens is 274 g/mol. The second kappa shape index (κ2) is 9.25. The van der Waals surface area contributed by atoms with E-state index >= 15 is 0 Å². The van der Waals surface area contributed by atoms with Gasteiger partial charge in [-0.3, -0.25) is 9.59 Å². The Morgan fingerprint density at radius 3 is 2.81 bits per heavy atom. The minimum atomic E-state index is -0.176. The van der Waals surface area contributed by atoms with Crippen molar-refractivity contribution in [2.45, 2.75) is 33.1 Å². The van der Waals surface area contributed by atoms with Crippen LogP contribution in [0.3, 0.4) is 0 Å². The zero-order chi connectivity index (χ0) is 15.7. The Hall–Kier alpha value is -1.73. The standard InChI is InChI=1S/C14H23N3O4/c1-10-12(14(20)17-11(2)16-10)4-5-13(19)15-6-3-8-21-9-7-18/h18H,3-9H2,1-2H3,(H,15,19)(H,16,17,20). The molecule has 7 nitrogen and oxygen atoms in total. The summed E-state index contributed by atoms with van der Waals surface area (Å²) in [5, 5.41) is 11.3. The molecule has 0 fully saturated rings. The first kappa shape index (κ1) is 17.3. The Balaban J connectivity index is 2.29. The van der Waals surface area contributed by atoms with Gasteiger partial charge in [0.15, 0.2) is 0 Å². The third-order valence-electron chi connectivity index (χ3n) is 2.97. The molecule has 7 heteroatoms. The largest absolute Gasteiger partial charge is 0.394 e. The molecule has 1 amide bonds.